The van der Waals surface area contributed by atoms with Crippen LogP contribution in [0.15, 0.2) is 84.9 Å². The zero-order valence-electron chi connectivity index (χ0n) is 40.1. The van der Waals surface area contributed by atoms with Gasteiger partial charge in [0.1, 0.15) is 41.3 Å². The summed E-state index contributed by atoms with van der Waals surface area (Å²) >= 11 is 0. The van der Waals surface area contributed by atoms with E-state index in [1.165, 1.54) is 45.8 Å². The first kappa shape index (κ1) is 51.1. The molecule has 358 valence electrons. The highest BCUT2D eigenvalue weighted by molar-refractivity contribution is 5.99. The molecule has 4 aromatic rings. The number of nitrogens with zero attached hydrogens (tertiary/aromatic N) is 1. The van der Waals surface area contributed by atoms with Crippen molar-refractivity contribution >= 4 is 35.7 Å². The SMILES string of the molecule is CCCCc1ccc(-c2ccc(C(=O)N[C@@H](CCCCNC(=O)OC(C)(C)C)C(=O)N(C)[C@@H]3C(=O)N[C@@H](C)C(=O)N[C@H](C(=O)OC)Cc4ccc(OC)c(c4)-c4cc3ccc4OC)cc2)cc1. The number of alkyl carbamates (subject to hydrolysis) is 1. The smallest absolute Gasteiger partial charge is 0.407 e. The Hall–Kier alpha value is -6.90. The molecule has 4 N–H and O–H groups in total. The van der Waals surface area contributed by atoms with Gasteiger partial charge in [-0.15, -0.1) is 0 Å². The zero-order valence-corrected chi connectivity index (χ0v) is 40.1. The highest BCUT2D eigenvalue weighted by Crippen LogP contribution is 2.40. The number of amides is 5. The summed E-state index contributed by atoms with van der Waals surface area (Å²) in [5, 5.41) is 11.1. The monoisotopic (exact) mass is 919 g/mol. The zero-order chi connectivity index (χ0) is 48.8. The number of aryl methyl sites for hydroxylation is 1. The van der Waals surface area contributed by atoms with Gasteiger partial charge in [-0.25, -0.2) is 9.59 Å². The van der Waals surface area contributed by atoms with E-state index in [-0.39, 0.29) is 19.4 Å². The molecular formula is C52H65N5O10. The van der Waals surface area contributed by atoms with Crippen LogP contribution < -0.4 is 30.7 Å². The van der Waals surface area contributed by atoms with Gasteiger partial charge in [0.25, 0.3) is 5.91 Å². The van der Waals surface area contributed by atoms with E-state index in [0.717, 1.165) is 30.4 Å². The number of hydrogen-bond donors (Lipinski definition) is 4. The maximum absolute atomic E-state index is 14.9. The molecule has 0 saturated heterocycles. The Bertz CT molecular complexity index is 2380. The molecule has 1 aliphatic heterocycles. The Kier molecular flexibility index (Phi) is 17.9. The fourth-order valence-electron chi connectivity index (χ4n) is 7.88. The number of nitrogens with one attached hydrogen (secondary N) is 4. The van der Waals surface area contributed by atoms with Crippen molar-refractivity contribution in [3.63, 3.8) is 0 Å². The third-order valence-corrected chi connectivity index (χ3v) is 11.5. The number of unbranched alkanes of at least 4 members (excludes halogenated alkanes) is 2. The summed E-state index contributed by atoms with van der Waals surface area (Å²) < 4.78 is 21.9. The fourth-order valence-corrected chi connectivity index (χ4v) is 7.88. The van der Waals surface area contributed by atoms with Crippen LogP contribution >= 0.6 is 0 Å². The lowest BCUT2D eigenvalue weighted by molar-refractivity contribution is -0.145. The fraction of sp³-hybridized carbons (Fsp3) is 0.423. The number of rotatable bonds is 16. The van der Waals surface area contributed by atoms with Crippen molar-refractivity contribution in [2.24, 2.45) is 0 Å². The molecule has 0 radical (unpaired) electrons. The van der Waals surface area contributed by atoms with Crippen LogP contribution in [0.3, 0.4) is 0 Å². The van der Waals surface area contributed by atoms with E-state index in [1.54, 1.807) is 63.2 Å². The minimum atomic E-state index is -1.35. The minimum absolute atomic E-state index is 0.0687. The van der Waals surface area contributed by atoms with Crippen LogP contribution in [0.4, 0.5) is 4.79 Å². The molecule has 4 aromatic carbocycles. The second-order valence-corrected chi connectivity index (χ2v) is 17.7. The topological polar surface area (TPSA) is 191 Å². The van der Waals surface area contributed by atoms with Crippen molar-refractivity contribution in [2.75, 3.05) is 34.9 Å². The Morgan fingerprint density at radius 1 is 0.791 bits per heavy atom. The Labute approximate surface area is 393 Å². The molecule has 0 unspecified atom stereocenters. The molecule has 15 heteroatoms. The Balaban J connectivity index is 1.50. The molecule has 67 heavy (non-hydrogen) atoms. The quantitative estimate of drug-likeness (QED) is 0.0667. The van der Waals surface area contributed by atoms with Gasteiger partial charge in [-0.3, -0.25) is 19.2 Å². The van der Waals surface area contributed by atoms with Crippen LogP contribution in [0.1, 0.15) is 99.8 Å². The molecule has 1 aliphatic rings. The van der Waals surface area contributed by atoms with E-state index < -0.39 is 65.5 Å². The Morgan fingerprint density at radius 2 is 1.42 bits per heavy atom. The highest BCUT2D eigenvalue weighted by Gasteiger charge is 2.36. The number of esters is 1. The molecule has 4 atom stereocenters. The van der Waals surface area contributed by atoms with Gasteiger partial charge in [0.2, 0.25) is 17.7 Å². The van der Waals surface area contributed by atoms with Gasteiger partial charge in [-0.05, 0) is 124 Å². The molecular weight excluding hydrogens is 855 g/mol. The van der Waals surface area contributed by atoms with E-state index in [9.17, 15) is 28.8 Å². The van der Waals surface area contributed by atoms with Crippen molar-refractivity contribution in [3.8, 4) is 33.8 Å². The van der Waals surface area contributed by atoms with E-state index in [1.807, 2.05) is 18.2 Å². The third kappa shape index (κ3) is 13.8. The van der Waals surface area contributed by atoms with Crippen LogP contribution in [0.2, 0.25) is 0 Å². The molecule has 5 rings (SSSR count). The number of methoxy groups -OCH3 is 3. The number of carbonyl (C=O) groups is 6. The van der Waals surface area contributed by atoms with Crippen LogP contribution in [-0.4, -0.2) is 99.2 Å². The van der Waals surface area contributed by atoms with Crippen molar-refractivity contribution in [1.29, 1.82) is 0 Å². The summed E-state index contributed by atoms with van der Waals surface area (Å²) in [5.74, 6) is -2.24. The van der Waals surface area contributed by atoms with Gasteiger partial charge in [-0.2, -0.15) is 0 Å². The maximum Gasteiger partial charge on any atom is 0.407 e. The molecule has 0 saturated carbocycles. The standard InChI is InChI=1S/C52H65N5O10/c1-10-11-14-33-16-19-35(20-17-33)36-21-23-37(24-22-36)47(59)55-41(15-12-13-28-53-51(63)67-52(3,4)5)49(61)57(6)45-38-25-27-44(65-8)40(31-38)39-29-34(18-26-43(39)64-7)30-42(50(62)66-9)56-46(58)32(2)54-48(45)60/h16-27,29,31-32,41-42,45H,10-15,28,30H2,1-9H3,(H,53,63)(H,54,60)(H,55,59)(H,56,58)/t32-,41-,42-,45-/m0/s1. The number of hydrogen-bond acceptors (Lipinski definition) is 10. The largest absolute Gasteiger partial charge is 0.496 e. The van der Waals surface area contributed by atoms with E-state index >= 15 is 0 Å². The number of fused-ring (bicyclic) bond motifs is 5. The Morgan fingerprint density at radius 3 is 2.03 bits per heavy atom. The second kappa shape index (κ2) is 23.5. The summed E-state index contributed by atoms with van der Waals surface area (Å²) in [5.41, 5.74) is 4.97. The van der Waals surface area contributed by atoms with Crippen molar-refractivity contribution in [3.05, 3.63) is 107 Å². The van der Waals surface area contributed by atoms with Crippen LogP contribution in [-0.2, 0) is 41.5 Å². The van der Waals surface area contributed by atoms with Crippen molar-refractivity contribution in [2.45, 2.75) is 109 Å². The van der Waals surface area contributed by atoms with Crippen LogP contribution in [0.25, 0.3) is 22.3 Å². The van der Waals surface area contributed by atoms with Gasteiger partial charge in [-0.1, -0.05) is 61.9 Å². The maximum atomic E-state index is 14.9. The highest BCUT2D eigenvalue weighted by atomic mass is 16.6. The normalized spacial score (nSPS) is 16.5. The number of benzene rings is 4. The molecule has 0 aliphatic carbocycles. The van der Waals surface area contributed by atoms with Gasteiger partial charge in [0, 0.05) is 36.7 Å². The molecule has 0 fully saturated rings. The predicted octanol–water partition coefficient (Wildman–Crippen LogP) is 7.09. The molecule has 0 aromatic heterocycles. The molecule has 4 bridgehead atoms. The summed E-state index contributed by atoms with van der Waals surface area (Å²) in [6, 6.07) is 21.1. The number of likely N-dealkylation sites (N-methyl/N-ethyl adjacent to an activating group) is 1. The van der Waals surface area contributed by atoms with E-state index in [4.69, 9.17) is 18.9 Å². The third-order valence-electron chi connectivity index (χ3n) is 11.5. The first-order valence-corrected chi connectivity index (χ1v) is 22.7. The summed E-state index contributed by atoms with van der Waals surface area (Å²) in [6.45, 7) is 9.19. The lowest BCUT2D eigenvalue weighted by Gasteiger charge is -2.32. The summed E-state index contributed by atoms with van der Waals surface area (Å²) in [4.78, 5) is 83.7. The van der Waals surface area contributed by atoms with E-state index in [2.05, 4.69) is 52.5 Å². The number of carbonyl (C=O) groups excluding carboxylic acids is 6. The lowest BCUT2D eigenvalue weighted by atomic mass is 9.93. The molecule has 5 amide bonds. The van der Waals surface area contributed by atoms with Crippen LogP contribution in [0.5, 0.6) is 11.5 Å². The lowest BCUT2D eigenvalue weighted by Crippen LogP contribution is -2.55. The average molecular weight is 920 g/mol. The number of ether oxygens (including phenoxy) is 4. The summed E-state index contributed by atoms with van der Waals surface area (Å²) in [6.07, 6.45) is 3.72. The summed E-state index contributed by atoms with van der Waals surface area (Å²) in [7, 11) is 5.70. The predicted molar refractivity (Wildman–Crippen MR) is 256 cm³/mol. The average Bonchev–Trinajstić information content (AvgIpc) is 3.31. The second-order valence-electron chi connectivity index (χ2n) is 17.7. The molecule has 1 heterocycles. The first-order valence-electron chi connectivity index (χ1n) is 22.7. The molecule has 15 nitrogen and oxygen atoms in total. The van der Waals surface area contributed by atoms with Crippen molar-refractivity contribution < 1.29 is 47.7 Å². The van der Waals surface area contributed by atoms with Crippen molar-refractivity contribution in [1.82, 2.24) is 26.2 Å². The van der Waals surface area contributed by atoms with Gasteiger partial charge in [0.15, 0.2) is 0 Å². The van der Waals surface area contributed by atoms with E-state index in [0.29, 0.717) is 52.2 Å². The van der Waals surface area contributed by atoms with Crippen LogP contribution in [0, 0.1) is 0 Å². The minimum Gasteiger partial charge on any atom is -0.496 e. The first-order chi connectivity index (χ1) is 32.0. The van der Waals surface area contributed by atoms with Gasteiger partial charge in [0.05, 0.1) is 21.3 Å². The van der Waals surface area contributed by atoms with Gasteiger partial charge >= 0.3 is 12.1 Å². The molecule has 0 spiro atoms. The van der Waals surface area contributed by atoms with Gasteiger partial charge < -0.3 is 45.1 Å².